The maximum absolute atomic E-state index is 10.9. The van der Waals surface area contributed by atoms with Gasteiger partial charge in [0.05, 0.1) is 4.92 Å². The van der Waals surface area contributed by atoms with Gasteiger partial charge in [-0.3, -0.25) is 15.0 Å². The maximum Gasteiger partial charge on any atom is 0.273 e. The SMILES string of the molecule is CN(Cc1cnc(N)s1)Cc1ccccc1[N+](=O)[O-].Cl. The number of nitro groups is 1. The molecule has 0 saturated heterocycles. The minimum Gasteiger partial charge on any atom is -0.375 e. The van der Waals surface area contributed by atoms with Gasteiger partial charge in [0.25, 0.3) is 5.69 Å². The van der Waals surface area contributed by atoms with Gasteiger partial charge in [-0.05, 0) is 7.05 Å². The molecule has 0 amide bonds. The Morgan fingerprint density at radius 1 is 1.40 bits per heavy atom. The van der Waals surface area contributed by atoms with Crippen molar-refractivity contribution in [3.8, 4) is 0 Å². The Morgan fingerprint density at radius 3 is 2.70 bits per heavy atom. The van der Waals surface area contributed by atoms with Crippen molar-refractivity contribution in [3.05, 3.63) is 51.0 Å². The van der Waals surface area contributed by atoms with E-state index in [1.807, 2.05) is 11.9 Å². The molecule has 0 saturated carbocycles. The highest BCUT2D eigenvalue weighted by atomic mass is 35.5. The van der Waals surface area contributed by atoms with Crippen molar-refractivity contribution in [2.75, 3.05) is 12.8 Å². The number of para-hydroxylation sites is 1. The summed E-state index contributed by atoms with van der Waals surface area (Å²) in [5.41, 5.74) is 6.42. The predicted molar refractivity (Wildman–Crippen MR) is 82.0 cm³/mol. The van der Waals surface area contributed by atoms with E-state index in [-0.39, 0.29) is 23.0 Å². The van der Waals surface area contributed by atoms with Crippen LogP contribution in [0.25, 0.3) is 0 Å². The first kappa shape index (κ1) is 16.4. The summed E-state index contributed by atoms with van der Waals surface area (Å²) in [4.78, 5) is 17.6. The van der Waals surface area contributed by atoms with Crippen LogP contribution < -0.4 is 5.73 Å². The number of nitro benzene ring substituents is 1. The number of thiazole rings is 1. The summed E-state index contributed by atoms with van der Waals surface area (Å²) >= 11 is 1.43. The molecule has 0 fully saturated rings. The third-order valence-electron chi connectivity index (χ3n) is 2.63. The second kappa shape index (κ2) is 7.18. The molecule has 108 valence electrons. The van der Waals surface area contributed by atoms with E-state index in [1.165, 1.54) is 17.4 Å². The summed E-state index contributed by atoms with van der Waals surface area (Å²) < 4.78 is 0. The average Bonchev–Trinajstić information content (AvgIpc) is 2.75. The zero-order valence-corrected chi connectivity index (χ0v) is 12.5. The van der Waals surface area contributed by atoms with E-state index in [1.54, 1.807) is 24.4 Å². The van der Waals surface area contributed by atoms with Crippen LogP contribution in [-0.4, -0.2) is 21.9 Å². The molecule has 0 radical (unpaired) electrons. The van der Waals surface area contributed by atoms with Crippen LogP contribution in [0, 0.1) is 10.1 Å². The molecule has 20 heavy (non-hydrogen) atoms. The van der Waals surface area contributed by atoms with Crippen molar-refractivity contribution in [1.82, 2.24) is 9.88 Å². The molecule has 2 aromatic rings. The highest BCUT2D eigenvalue weighted by Gasteiger charge is 2.14. The van der Waals surface area contributed by atoms with Crippen LogP contribution in [0.15, 0.2) is 30.5 Å². The van der Waals surface area contributed by atoms with Crippen molar-refractivity contribution >= 4 is 34.6 Å². The quantitative estimate of drug-likeness (QED) is 0.677. The van der Waals surface area contributed by atoms with E-state index in [0.29, 0.717) is 23.8 Å². The minimum absolute atomic E-state index is 0. The van der Waals surface area contributed by atoms with Gasteiger partial charge in [-0.2, -0.15) is 0 Å². The number of nitrogens with two attached hydrogens (primary N) is 1. The number of nitrogen functional groups attached to an aromatic ring is 1. The molecule has 1 heterocycles. The van der Waals surface area contributed by atoms with Gasteiger partial charge in [0.1, 0.15) is 0 Å². The van der Waals surface area contributed by atoms with Crippen molar-refractivity contribution in [2.24, 2.45) is 0 Å². The molecule has 0 unspecified atom stereocenters. The van der Waals surface area contributed by atoms with Gasteiger partial charge in [-0.25, -0.2) is 4.98 Å². The molecule has 1 aromatic carbocycles. The molecule has 1 aromatic heterocycles. The maximum atomic E-state index is 10.9. The van der Waals surface area contributed by atoms with Gasteiger partial charge in [0.15, 0.2) is 5.13 Å². The highest BCUT2D eigenvalue weighted by Crippen LogP contribution is 2.21. The molecule has 6 nitrogen and oxygen atoms in total. The molecule has 0 aliphatic heterocycles. The Hall–Kier alpha value is -1.70. The third-order valence-corrected chi connectivity index (χ3v) is 3.44. The highest BCUT2D eigenvalue weighted by molar-refractivity contribution is 7.15. The fraction of sp³-hybridized carbons (Fsp3) is 0.250. The molecule has 0 bridgehead atoms. The van der Waals surface area contributed by atoms with E-state index < -0.39 is 0 Å². The van der Waals surface area contributed by atoms with Crippen molar-refractivity contribution in [1.29, 1.82) is 0 Å². The van der Waals surface area contributed by atoms with Gasteiger partial charge < -0.3 is 5.73 Å². The second-order valence-electron chi connectivity index (χ2n) is 4.22. The predicted octanol–water partition coefficient (Wildman–Crippen LogP) is 2.69. The second-order valence-corrected chi connectivity index (χ2v) is 5.37. The monoisotopic (exact) mass is 314 g/mol. The van der Waals surface area contributed by atoms with Crippen LogP contribution in [0.4, 0.5) is 10.8 Å². The van der Waals surface area contributed by atoms with Crippen molar-refractivity contribution < 1.29 is 4.92 Å². The largest absolute Gasteiger partial charge is 0.375 e. The first-order valence-corrected chi connectivity index (χ1v) is 6.49. The first-order chi connectivity index (χ1) is 9.06. The zero-order chi connectivity index (χ0) is 13.8. The van der Waals surface area contributed by atoms with E-state index in [4.69, 9.17) is 5.73 Å². The van der Waals surface area contributed by atoms with Crippen molar-refractivity contribution in [2.45, 2.75) is 13.1 Å². The normalized spacial score (nSPS) is 10.3. The molecule has 0 aliphatic rings. The topological polar surface area (TPSA) is 85.3 Å². The molecule has 0 aliphatic carbocycles. The van der Waals surface area contributed by atoms with E-state index in [2.05, 4.69) is 4.98 Å². The molecule has 2 N–H and O–H groups in total. The van der Waals surface area contributed by atoms with E-state index in [0.717, 1.165) is 4.88 Å². The molecule has 0 spiro atoms. The fourth-order valence-corrected chi connectivity index (χ4v) is 2.60. The molecule has 0 atom stereocenters. The van der Waals surface area contributed by atoms with Crippen LogP contribution >= 0.6 is 23.7 Å². The van der Waals surface area contributed by atoms with Crippen LogP contribution in [0.1, 0.15) is 10.4 Å². The molecule has 8 heteroatoms. The Morgan fingerprint density at radius 2 is 2.10 bits per heavy atom. The van der Waals surface area contributed by atoms with Crippen LogP contribution in [0.2, 0.25) is 0 Å². The van der Waals surface area contributed by atoms with Crippen LogP contribution in [0.5, 0.6) is 0 Å². The smallest absolute Gasteiger partial charge is 0.273 e. The summed E-state index contributed by atoms with van der Waals surface area (Å²) in [7, 11) is 1.91. The average molecular weight is 315 g/mol. The van der Waals surface area contributed by atoms with E-state index in [9.17, 15) is 10.1 Å². The Kier molecular flexibility index (Phi) is 5.87. The number of hydrogen-bond donors (Lipinski definition) is 1. The summed E-state index contributed by atoms with van der Waals surface area (Å²) in [5, 5.41) is 11.5. The van der Waals surface area contributed by atoms with Gasteiger partial charge in [-0.1, -0.05) is 18.2 Å². The summed E-state index contributed by atoms with van der Waals surface area (Å²) in [6, 6.07) is 6.77. The standard InChI is InChI=1S/C12H14N4O2S.ClH/c1-15(8-10-6-14-12(13)19-10)7-9-4-2-3-5-11(9)16(17)18;/h2-6H,7-8H2,1H3,(H2,13,14);1H. The Bertz CT molecular complexity index is 590. The van der Waals surface area contributed by atoms with Crippen LogP contribution in [0.3, 0.4) is 0 Å². The minimum atomic E-state index is -0.353. The molecule has 2 rings (SSSR count). The number of halogens is 1. The number of rotatable bonds is 5. The molecular weight excluding hydrogens is 300 g/mol. The lowest BCUT2D eigenvalue weighted by Crippen LogP contribution is -2.17. The van der Waals surface area contributed by atoms with Crippen LogP contribution in [-0.2, 0) is 13.1 Å². The number of aromatic nitrogens is 1. The lowest BCUT2D eigenvalue weighted by molar-refractivity contribution is -0.385. The Labute approximate surface area is 126 Å². The van der Waals surface area contributed by atoms with Gasteiger partial charge in [0, 0.05) is 35.8 Å². The molecular formula is C12H15ClN4O2S. The van der Waals surface area contributed by atoms with Gasteiger partial charge >= 0.3 is 0 Å². The lowest BCUT2D eigenvalue weighted by atomic mass is 10.1. The number of hydrogen-bond acceptors (Lipinski definition) is 6. The zero-order valence-electron chi connectivity index (χ0n) is 10.9. The summed E-state index contributed by atoms with van der Waals surface area (Å²) in [6.07, 6.45) is 1.73. The lowest BCUT2D eigenvalue weighted by Gasteiger charge is -2.15. The third kappa shape index (κ3) is 4.16. The summed E-state index contributed by atoms with van der Waals surface area (Å²) in [5.74, 6) is 0. The summed E-state index contributed by atoms with van der Waals surface area (Å²) in [6.45, 7) is 1.18. The number of benzene rings is 1. The number of anilines is 1. The fourth-order valence-electron chi connectivity index (χ4n) is 1.83. The number of nitrogens with zero attached hydrogens (tertiary/aromatic N) is 3. The van der Waals surface area contributed by atoms with E-state index >= 15 is 0 Å². The van der Waals surface area contributed by atoms with Gasteiger partial charge in [0.2, 0.25) is 0 Å². The van der Waals surface area contributed by atoms with Gasteiger partial charge in [-0.15, -0.1) is 23.7 Å². The Balaban J connectivity index is 0.00000200. The first-order valence-electron chi connectivity index (χ1n) is 5.67. The van der Waals surface area contributed by atoms with Crippen molar-refractivity contribution in [3.63, 3.8) is 0 Å².